The quantitative estimate of drug-likeness (QED) is 0.695. The summed E-state index contributed by atoms with van der Waals surface area (Å²) >= 11 is 0. The van der Waals surface area contributed by atoms with Gasteiger partial charge in [0.05, 0.1) is 6.61 Å². The summed E-state index contributed by atoms with van der Waals surface area (Å²) in [6.07, 6.45) is 0.991. The van der Waals surface area contributed by atoms with E-state index in [1.54, 1.807) is 0 Å². The molecule has 0 fully saturated rings. The van der Waals surface area contributed by atoms with Gasteiger partial charge in [0.1, 0.15) is 5.75 Å². The van der Waals surface area contributed by atoms with Crippen LogP contribution in [0.1, 0.15) is 18.9 Å². The molecule has 1 aromatic heterocycles. The molecule has 0 unspecified atom stereocenters. The number of aryl methyl sites for hydroxylation is 1. The van der Waals surface area contributed by atoms with Crippen molar-refractivity contribution in [3.05, 3.63) is 54.1 Å². The van der Waals surface area contributed by atoms with Crippen LogP contribution < -0.4 is 4.74 Å². The highest BCUT2D eigenvalue weighted by molar-refractivity contribution is 5.60. The van der Waals surface area contributed by atoms with E-state index in [0.29, 0.717) is 11.7 Å². The molecule has 0 bridgehead atoms. The summed E-state index contributed by atoms with van der Waals surface area (Å²) in [5.74, 6) is 1.96. The average Bonchev–Trinajstić information content (AvgIpc) is 3.04. The number of hydrogen-bond donors (Lipinski definition) is 0. The molecule has 0 radical (unpaired) electrons. The minimum Gasteiger partial charge on any atom is -0.494 e. The summed E-state index contributed by atoms with van der Waals surface area (Å²) in [6, 6.07) is 15.7. The molecule has 112 valence electrons. The van der Waals surface area contributed by atoms with Crippen LogP contribution in [0, 0.1) is 6.92 Å². The molecule has 3 rings (SSSR count). The largest absolute Gasteiger partial charge is 0.494 e. The Labute approximate surface area is 129 Å². The molecule has 0 spiro atoms. The molecule has 0 aliphatic heterocycles. The molecule has 0 N–H and O–H groups in total. The van der Waals surface area contributed by atoms with Crippen molar-refractivity contribution < 1.29 is 9.26 Å². The van der Waals surface area contributed by atoms with Crippen molar-refractivity contribution in [3.63, 3.8) is 0 Å². The van der Waals surface area contributed by atoms with E-state index in [0.717, 1.165) is 29.9 Å². The van der Waals surface area contributed by atoms with E-state index >= 15 is 0 Å². The van der Waals surface area contributed by atoms with Gasteiger partial charge in [0.15, 0.2) is 0 Å². The van der Waals surface area contributed by atoms with Gasteiger partial charge in [-0.05, 0) is 37.6 Å². The number of rotatable bonds is 5. The second kappa shape index (κ2) is 6.43. The van der Waals surface area contributed by atoms with E-state index in [1.807, 2.05) is 55.5 Å². The second-order valence-corrected chi connectivity index (χ2v) is 5.16. The van der Waals surface area contributed by atoms with Crippen molar-refractivity contribution >= 4 is 0 Å². The van der Waals surface area contributed by atoms with Crippen LogP contribution >= 0.6 is 0 Å². The molecule has 22 heavy (non-hydrogen) atoms. The van der Waals surface area contributed by atoms with Gasteiger partial charge in [0.25, 0.3) is 5.89 Å². The summed E-state index contributed by atoms with van der Waals surface area (Å²) in [7, 11) is 0. The van der Waals surface area contributed by atoms with E-state index in [9.17, 15) is 0 Å². The minimum atomic E-state index is 0.512. The minimum absolute atomic E-state index is 0.512. The van der Waals surface area contributed by atoms with E-state index in [4.69, 9.17) is 9.26 Å². The Morgan fingerprint density at radius 3 is 2.32 bits per heavy atom. The van der Waals surface area contributed by atoms with Crippen molar-refractivity contribution in [2.24, 2.45) is 0 Å². The zero-order chi connectivity index (χ0) is 15.4. The van der Waals surface area contributed by atoms with Gasteiger partial charge in [-0.3, -0.25) is 0 Å². The third kappa shape index (κ3) is 3.17. The highest BCUT2D eigenvalue weighted by Crippen LogP contribution is 2.24. The molecule has 0 atom stereocenters. The standard InChI is InChI=1S/C18H18N2O2/c1-3-12-21-16-10-8-15(9-11-16)18-19-17(20-22-18)14-6-4-13(2)5-7-14/h4-11H,3,12H2,1-2H3. The lowest BCUT2D eigenvalue weighted by Crippen LogP contribution is -1.94. The van der Waals surface area contributed by atoms with Crippen LogP contribution in [0.2, 0.25) is 0 Å². The smallest absolute Gasteiger partial charge is 0.258 e. The molecule has 2 aromatic carbocycles. The first-order chi connectivity index (χ1) is 10.8. The molecule has 3 aromatic rings. The fourth-order valence-electron chi connectivity index (χ4n) is 2.07. The Hall–Kier alpha value is -2.62. The second-order valence-electron chi connectivity index (χ2n) is 5.16. The Balaban J connectivity index is 1.79. The topological polar surface area (TPSA) is 48.2 Å². The first-order valence-electron chi connectivity index (χ1n) is 7.40. The monoisotopic (exact) mass is 294 g/mol. The normalized spacial score (nSPS) is 10.6. The SMILES string of the molecule is CCCOc1ccc(-c2nc(-c3ccc(C)cc3)no2)cc1. The maximum Gasteiger partial charge on any atom is 0.258 e. The summed E-state index contributed by atoms with van der Waals surface area (Å²) < 4.78 is 10.9. The first kappa shape index (κ1) is 14.3. The van der Waals surface area contributed by atoms with Crippen molar-refractivity contribution in [3.8, 4) is 28.6 Å². The number of benzene rings is 2. The summed E-state index contributed by atoms with van der Waals surface area (Å²) in [5, 5.41) is 4.05. The van der Waals surface area contributed by atoms with Crippen molar-refractivity contribution in [2.45, 2.75) is 20.3 Å². The van der Waals surface area contributed by atoms with E-state index < -0.39 is 0 Å². The molecule has 0 saturated carbocycles. The van der Waals surface area contributed by atoms with Crippen LogP contribution in [0.4, 0.5) is 0 Å². The summed E-state index contributed by atoms with van der Waals surface area (Å²) in [6.45, 7) is 4.85. The van der Waals surface area contributed by atoms with Crippen LogP contribution in [0.25, 0.3) is 22.8 Å². The maximum atomic E-state index is 5.57. The van der Waals surface area contributed by atoms with Crippen LogP contribution in [-0.4, -0.2) is 16.7 Å². The number of hydrogen-bond acceptors (Lipinski definition) is 4. The highest BCUT2D eigenvalue weighted by Gasteiger charge is 2.10. The van der Waals surface area contributed by atoms with E-state index in [1.165, 1.54) is 5.56 Å². The van der Waals surface area contributed by atoms with Gasteiger partial charge in [-0.1, -0.05) is 41.9 Å². The van der Waals surface area contributed by atoms with Gasteiger partial charge in [0, 0.05) is 11.1 Å². The fraction of sp³-hybridized carbons (Fsp3) is 0.222. The van der Waals surface area contributed by atoms with Crippen molar-refractivity contribution in [1.82, 2.24) is 10.1 Å². The van der Waals surface area contributed by atoms with E-state index in [2.05, 4.69) is 17.1 Å². The van der Waals surface area contributed by atoms with Crippen LogP contribution in [0.15, 0.2) is 53.1 Å². The highest BCUT2D eigenvalue weighted by atomic mass is 16.5. The fourth-order valence-corrected chi connectivity index (χ4v) is 2.07. The third-order valence-electron chi connectivity index (χ3n) is 3.31. The Kier molecular flexibility index (Phi) is 4.19. The predicted molar refractivity (Wildman–Crippen MR) is 85.7 cm³/mol. The van der Waals surface area contributed by atoms with Gasteiger partial charge in [-0.15, -0.1) is 0 Å². The lowest BCUT2D eigenvalue weighted by atomic mass is 10.1. The van der Waals surface area contributed by atoms with Crippen LogP contribution in [0.5, 0.6) is 5.75 Å². The predicted octanol–water partition coefficient (Wildman–Crippen LogP) is 4.50. The molecular weight excluding hydrogens is 276 g/mol. The zero-order valence-electron chi connectivity index (χ0n) is 12.7. The average molecular weight is 294 g/mol. The van der Waals surface area contributed by atoms with Gasteiger partial charge in [0.2, 0.25) is 5.82 Å². The number of ether oxygens (including phenoxy) is 1. The molecule has 0 saturated heterocycles. The lowest BCUT2D eigenvalue weighted by molar-refractivity contribution is 0.317. The van der Waals surface area contributed by atoms with Gasteiger partial charge < -0.3 is 9.26 Å². The zero-order valence-corrected chi connectivity index (χ0v) is 12.7. The molecule has 4 nitrogen and oxygen atoms in total. The Morgan fingerprint density at radius 2 is 1.64 bits per heavy atom. The Bertz CT molecular complexity index is 731. The molecule has 4 heteroatoms. The molecule has 0 aliphatic carbocycles. The molecule has 1 heterocycles. The van der Waals surface area contributed by atoms with Crippen LogP contribution in [0.3, 0.4) is 0 Å². The van der Waals surface area contributed by atoms with E-state index in [-0.39, 0.29) is 0 Å². The lowest BCUT2D eigenvalue weighted by Gasteiger charge is -2.03. The van der Waals surface area contributed by atoms with Gasteiger partial charge >= 0.3 is 0 Å². The van der Waals surface area contributed by atoms with Gasteiger partial charge in [-0.25, -0.2) is 0 Å². The number of nitrogens with zero attached hydrogens (tertiary/aromatic N) is 2. The van der Waals surface area contributed by atoms with Crippen LogP contribution in [-0.2, 0) is 0 Å². The van der Waals surface area contributed by atoms with Crippen molar-refractivity contribution in [2.75, 3.05) is 6.61 Å². The molecular formula is C18H18N2O2. The Morgan fingerprint density at radius 1 is 0.955 bits per heavy atom. The third-order valence-corrected chi connectivity index (χ3v) is 3.31. The molecule has 0 aliphatic rings. The first-order valence-corrected chi connectivity index (χ1v) is 7.40. The van der Waals surface area contributed by atoms with Crippen molar-refractivity contribution in [1.29, 1.82) is 0 Å². The summed E-state index contributed by atoms with van der Waals surface area (Å²) in [4.78, 5) is 4.45. The maximum absolute atomic E-state index is 5.57. The summed E-state index contributed by atoms with van der Waals surface area (Å²) in [5.41, 5.74) is 3.04. The number of aromatic nitrogens is 2. The molecule has 0 amide bonds. The van der Waals surface area contributed by atoms with Gasteiger partial charge in [-0.2, -0.15) is 4.98 Å².